The van der Waals surface area contributed by atoms with Gasteiger partial charge in [0.1, 0.15) is 30.5 Å². The Balaban J connectivity index is 0.991. The zero-order valence-corrected chi connectivity index (χ0v) is 36.9. The average Bonchev–Trinajstić information content (AvgIpc) is 3.30. The number of para-hydroxylation sites is 2. The van der Waals surface area contributed by atoms with E-state index in [1.807, 2.05) is 104 Å². The van der Waals surface area contributed by atoms with Crippen molar-refractivity contribution in [2.45, 2.75) is 67.2 Å². The van der Waals surface area contributed by atoms with Crippen molar-refractivity contribution in [3.05, 3.63) is 169 Å². The van der Waals surface area contributed by atoms with Gasteiger partial charge in [0.15, 0.2) is 0 Å². The predicted molar refractivity (Wildman–Crippen MR) is 247 cm³/mol. The third-order valence-electron chi connectivity index (χ3n) is 10.3. The van der Waals surface area contributed by atoms with Crippen molar-refractivity contribution in [3.8, 4) is 17.2 Å². The normalized spacial score (nSPS) is 13.0. The molecule has 0 aromatic heterocycles. The largest absolute Gasteiger partial charge is 0.497 e. The molecule has 61 heavy (non-hydrogen) atoms. The Labute approximate surface area is 367 Å². The molecule has 2 heterocycles. The molecule has 310 valence electrons. The van der Waals surface area contributed by atoms with Gasteiger partial charge in [0.25, 0.3) is 10.1 Å². The van der Waals surface area contributed by atoms with Crippen molar-refractivity contribution in [1.82, 2.24) is 0 Å². The van der Waals surface area contributed by atoms with E-state index < -0.39 is 20.4 Å². The Morgan fingerprint density at radius 3 is 1.38 bits per heavy atom. The molecular formula is C49H44N2O6S4. The molecule has 0 atom stereocenters. The first-order valence-electron chi connectivity index (χ1n) is 20.0. The van der Waals surface area contributed by atoms with Crippen molar-refractivity contribution >= 4 is 66.7 Å². The summed E-state index contributed by atoms with van der Waals surface area (Å²) in [5, 5.41) is 7.10. The molecule has 2 aliphatic rings. The number of ether oxygens (including phenoxy) is 3. The Morgan fingerprint density at radius 2 is 0.934 bits per heavy atom. The van der Waals surface area contributed by atoms with Crippen LogP contribution in [0.1, 0.15) is 30.9 Å². The van der Waals surface area contributed by atoms with Gasteiger partial charge >= 0.3 is 0 Å². The van der Waals surface area contributed by atoms with Crippen molar-refractivity contribution in [1.29, 1.82) is 0 Å². The summed E-state index contributed by atoms with van der Waals surface area (Å²) in [7, 11) is -5.25. The number of benzene rings is 7. The maximum absolute atomic E-state index is 14.0. The molecule has 0 radical (unpaired) electrons. The van der Waals surface area contributed by atoms with Gasteiger partial charge in [-0.25, -0.2) is 3.63 Å². The zero-order chi connectivity index (χ0) is 41.8. The lowest BCUT2D eigenvalue weighted by Gasteiger charge is -2.39. The van der Waals surface area contributed by atoms with E-state index in [-0.39, 0.29) is 5.75 Å². The minimum Gasteiger partial charge on any atom is -0.497 e. The Hall–Kier alpha value is -5.50. The number of hydrogen-bond donors (Lipinski definition) is 2. The summed E-state index contributed by atoms with van der Waals surface area (Å²) in [6.45, 7) is 2.68. The second-order valence-corrected chi connectivity index (χ2v) is 21.3. The SMILES string of the molecule is CCCCS(=O)(=O)OS(c1ccc(OC)cc1)(c1ccc(OCc2ccc3c(c2)Nc2ccccc2S3)cc1)c1ccc(OCc2ccc3c(c2)Nc2ccccc2S3)cc1. The van der Waals surface area contributed by atoms with E-state index >= 15 is 0 Å². The molecule has 12 heteroatoms. The minimum atomic E-state index is -4.00. The van der Waals surface area contributed by atoms with E-state index in [9.17, 15) is 8.42 Å². The third-order valence-corrected chi connectivity index (χ3v) is 17.9. The third kappa shape index (κ3) is 8.96. The summed E-state index contributed by atoms with van der Waals surface area (Å²) >= 11 is 3.50. The van der Waals surface area contributed by atoms with Crippen LogP contribution in [0.15, 0.2) is 192 Å². The van der Waals surface area contributed by atoms with Crippen molar-refractivity contribution in [3.63, 3.8) is 0 Å². The highest BCUT2D eigenvalue weighted by Gasteiger charge is 2.38. The molecule has 0 aliphatic carbocycles. The summed E-state index contributed by atoms with van der Waals surface area (Å²) in [6.07, 6.45) is 1.19. The van der Waals surface area contributed by atoms with Crippen LogP contribution in [0.5, 0.6) is 17.2 Å². The molecule has 2 aliphatic heterocycles. The Bertz CT molecular complexity index is 2640. The molecule has 0 amide bonds. The second-order valence-electron chi connectivity index (χ2n) is 14.5. The maximum Gasteiger partial charge on any atom is 0.277 e. The van der Waals surface area contributed by atoms with Gasteiger partial charge < -0.3 is 24.8 Å². The lowest BCUT2D eigenvalue weighted by atomic mass is 10.2. The summed E-state index contributed by atoms with van der Waals surface area (Å²) in [4.78, 5) is 6.83. The molecule has 2 N–H and O–H groups in total. The Morgan fingerprint density at radius 1 is 0.508 bits per heavy atom. The van der Waals surface area contributed by atoms with Crippen LogP contribution >= 0.6 is 33.8 Å². The number of rotatable bonds is 15. The lowest BCUT2D eigenvalue weighted by Crippen LogP contribution is -2.17. The first kappa shape index (κ1) is 40.9. The van der Waals surface area contributed by atoms with Crippen LogP contribution in [0.25, 0.3) is 0 Å². The van der Waals surface area contributed by atoms with Gasteiger partial charge in [-0.3, -0.25) is 0 Å². The summed E-state index contributed by atoms with van der Waals surface area (Å²) in [5.74, 6) is 1.85. The number of nitrogens with one attached hydrogen (secondary N) is 2. The van der Waals surface area contributed by atoms with Crippen LogP contribution in [0.3, 0.4) is 0 Å². The van der Waals surface area contributed by atoms with E-state index in [4.69, 9.17) is 17.8 Å². The van der Waals surface area contributed by atoms with Crippen LogP contribution in [0, 0.1) is 0 Å². The number of unbranched alkanes of at least 4 members (excludes halogenated alkanes) is 1. The summed E-state index contributed by atoms with van der Waals surface area (Å²) in [6, 6.07) is 51.8. The van der Waals surface area contributed by atoms with Crippen molar-refractivity contribution < 1.29 is 26.3 Å². The molecule has 0 saturated carbocycles. The molecule has 9 rings (SSSR count). The van der Waals surface area contributed by atoms with E-state index in [0.717, 1.165) is 43.7 Å². The zero-order valence-electron chi connectivity index (χ0n) is 33.6. The van der Waals surface area contributed by atoms with Crippen LogP contribution in [0.2, 0.25) is 0 Å². The average molecular weight is 885 g/mol. The van der Waals surface area contributed by atoms with Crippen LogP contribution in [0.4, 0.5) is 22.7 Å². The summed E-state index contributed by atoms with van der Waals surface area (Å²) in [5.41, 5.74) is 6.32. The van der Waals surface area contributed by atoms with Gasteiger partial charge in [0.05, 0.1) is 35.6 Å². The molecule has 0 fully saturated rings. The molecule has 0 unspecified atom stereocenters. The van der Waals surface area contributed by atoms with Gasteiger partial charge in [-0.2, -0.15) is 8.42 Å². The number of anilines is 4. The molecule has 0 saturated heterocycles. The first-order valence-corrected chi connectivity index (χ1v) is 24.8. The highest BCUT2D eigenvalue weighted by molar-refractivity contribution is 8.33. The molecule has 7 aromatic rings. The number of hydrogen-bond acceptors (Lipinski definition) is 10. The fraction of sp³-hybridized carbons (Fsp3) is 0.143. The molecule has 0 spiro atoms. The standard InChI is InChI=1S/C49H44N2O6S4/c1-3-4-29-60(52,53)57-61(39-21-15-36(54-2)16-22-39,40-23-17-37(18-24-40)55-32-34-13-27-48-44(30-34)50-42-9-5-7-11-46(42)58-48)41-25-19-38(20-26-41)56-33-35-14-28-49-45(31-35)51-43-10-6-8-12-47(43)59-49/h5-28,30-31,50-51H,3-4,29,32-33H2,1-2H3. The van der Waals surface area contributed by atoms with Crippen molar-refractivity contribution in [2.24, 2.45) is 0 Å². The highest BCUT2D eigenvalue weighted by Crippen LogP contribution is 2.70. The summed E-state index contributed by atoms with van der Waals surface area (Å²) < 4.78 is 52.6. The van der Waals surface area contributed by atoms with Gasteiger partial charge in [-0.1, -0.05) is 73.3 Å². The highest BCUT2D eigenvalue weighted by atomic mass is 32.3. The van der Waals surface area contributed by atoms with E-state index in [2.05, 4.69) is 71.3 Å². The smallest absolute Gasteiger partial charge is 0.277 e. The fourth-order valence-corrected chi connectivity index (χ4v) is 14.6. The second kappa shape index (κ2) is 17.8. The fourth-order valence-electron chi connectivity index (χ4n) is 7.14. The molecule has 0 bridgehead atoms. The maximum atomic E-state index is 14.0. The van der Waals surface area contributed by atoms with Crippen LogP contribution in [-0.2, 0) is 27.0 Å². The molecular weight excluding hydrogens is 841 g/mol. The molecule has 8 nitrogen and oxygen atoms in total. The minimum absolute atomic E-state index is 0.101. The Kier molecular flexibility index (Phi) is 12.0. The van der Waals surface area contributed by atoms with Crippen molar-refractivity contribution in [2.75, 3.05) is 23.5 Å². The lowest BCUT2D eigenvalue weighted by molar-refractivity contribution is 0.306. The predicted octanol–water partition coefficient (Wildman–Crippen LogP) is 13.6. The number of fused-ring (bicyclic) bond motifs is 4. The quantitative estimate of drug-likeness (QED) is 0.104. The van der Waals surface area contributed by atoms with Gasteiger partial charge in [-0.15, -0.1) is 0 Å². The van der Waals surface area contributed by atoms with E-state index in [1.54, 1.807) is 30.6 Å². The van der Waals surface area contributed by atoms with E-state index in [0.29, 0.717) is 58.0 Å². The van der Waals surface area contributed by atoms with Crippen LogP contribution in [-0.4, -0.2) is 21.3 Å². The van der Waals surface area contributed by atoms with Gasteiger partial charge in [0, 0.05) is 34.3 Å². The molecule has 7 aromatic carbocycles. The first-order chi connectivity index (χ1) is 29.8. The topological polar surface area (TPSA) is 95.1 Å². The van der Waals surface area contributed by atoms with E-state index in [1.165, 1.54) is 9.79 Å². The monoisotopic (exact) mass is 884 g/mol. The van der Waals surface area contributed by atoms with Gasteiger partial charge in [0.2, 0.25) is 0 Å². The number of methoxy groups -OCH3 is 1. The van der Waals surface area contributed by atoms with Crippen LogP contribution < -0.4 is 24.8 Å². The van der Waals surface area contributed by atoms with Gasteiger partial charge in [-0.05, 0) is 149 Å².